The summed E-state index contributed by atoms with van der Waals surface area (Å²) >= 11 is 0. The lowest BCUT2D eigenvalue weighted by Crippen LogP contribution is -2.20. The van der Waals surface area contributed by atoms with Crippen LogP contribution in [-0.4, -0.2) is 24.4 Å². The zero-order chi connectivity index (χ0) is 9.03. The van der Waals surface area contributed by atoms with E-state index in [1.54, 1.807) is 0 Å². The van der Waals surface area contributed by atoms with Crippen LogP contribution in [0.1, 0.15) is 39.5 Å². The van der Waals surface area contributed by atoms with E-state index in [4.69, 9.17) is 4.74 Å². The normalized spacial score (nSPS) is 22.2. The monoisotopic (exact) mass is 172 g/mol. The van der Waals surface area contributed by atoms with Crippen molar-refractivity contribution in [3.05, 3.63) is 0 Å². The Morgan fingerprint density at radius 2 is 2.08 bits per heavy atom. The first-order valence-corrected chi connectivity index (χ1v) is 4.97. The zero-order valence-electron chi connectivity index (χ0n) is 8.18. The van der Waals surface area contributed by atoms with Crippen LogP contribution in [0.2, 0.25) is 0 Å². The molecule has 1 fully saturated rings. The lowest BCUT2D eigenvalue weighted by atomic mass is 9.97. The average Bonchev–Trinajstić information content (AvgIpc) is 2.79. The second-order valence-corrected chi connectivity index (χ2v) is 3.90. The molecular formula is C10H20O2. The van der Waals surface area contributed by atoms with Crippen molar-refractivity contribution in [3.8, 4) is 0 Å². The molecule has 1 aliphatic rings. The van der Waals surface area contributed by atoms with Crippen LogP contribution < -0.4 is 0 Å². The van der Waals surface area contributed by atoms with Gasteiger partial charge in [0.1, 0.15) is 0 Å². The van der Waals surface area contributed by atoms with Gasteiger partial charge in [0.2, 0.25) is 0 Å². The second kappa shape index (κ2) is 4.24. The average molecular weight is 172 g/mol. The fourth-order valence-corrected chi connectivity index (χ4v) is 1.56. The van der Waals surface area contributed by atoms with Crippen LogP contribution in [-0.2, 0) is 4.74 Å². The second-order valence-electron chi connectivity index (χ2n) is 3.90. The molecule has 0 aromatic carbocycles. The maximum Gasteiger partial charge on any atom is 0.0569 e. The molecule has 1 rings (SSSR count). The van der Waals surface area contributed by atoms with E-state index >= 15 is 0 Å². The summed E-state index contributed by atoms with van der Waals surface area (Å²) in [6, 6.07) is 0. The molecule has 0 heterocycles. The van der Waals surface area contributed by atoms with E-state index in [0.717, 1.165) is 26.1 Å². The molecule has 1 saturated carbocycles. The van der Waals surface area contributed by atoms with Gasteiger partial charge in [0.25, 0.3) is 0 Å². The number of aliphatic hydroxyl groups is 1. The molecule has 1 unspecified atom stereocenters. The van der Waals surface area contributed by atoms with Gasteiger partial charge in [-0.2, -0.15) is 0 Å². The first-order valence-electron chi connectivity index (χ1n) is 4.97. The highest BCUT2D eigenvalue weighted by molar-refractivity contribution is 4.96. The Kier molecular flexibility index (Phi) is 3.53. The molecular weight excluding hydrogens is 152 g/mol. The summed E-state index contributed by atoms with van der Waals surface area (Å²) in [7, 11) is 0. The van der Waals surface area contributed by atoms with Crippen molar-refractivity contribution in [1.29, 1.82) is 0 Å². The minimum absolute atomic E-state index is 0.150. The molecule has 1 atom stereocenters. The summed E-state index contributed by atoms with van der Waals surface area (Å²) in [6.45, 7) is 5.68. The largest absolute Gasteiger partial charge is 0.393 e. The van der Waals surface area contributed by atoms with Crippen molar-refractivity contribution in [2.75, 3.05) is 13.2 Å². The van der Waals surface area contributed by atoms with E-state index in [2.05, 4.69) is 6.92 Å². The van der Waals surface area contributed by atoms with E-state index in [9.17, 15) is 5.11 Å². The van der Waals surface area contributed by atoms with Crippen LogP contribution in [0.4, 0.5) is 0 Å². The number of hydrogen-bond donors (Lipinski definition) is 1. The molecule has 1 N–H and O–H groups in total. The fraction of sp³-hybridized carbons (Fsp3) is 1.00. The van der Waals surface area contributed by atoms with Crippen molar-refractivity contribution in [2.24, 2.45) is 5.41 Å². The van der Waals surface area contributed by atoms with Crippen LogP contribution in [0.25, 0.3) is 0 Å². The van der Waals surface area contributed by atoms with E-state index in [-0.39, 0.29) is 11.5 Å². The molecule has 0 saturated heterocycles. The predicted molar refractivity (Wildman–Crippen MR) is 49.1 cm³/mol. The maximum absolute atomic E-state index is 9.44. The van der Waals surface area contributed by atoms with E-state index in [1.165, 1.54) is 12.8 Å². The van der Waals surface area contributed by atoms with Crippen LogP contribution >= 0.6 is 0 Å². The molecule has 0 aromatic heterocycles. The maximum atomic E-state index is 9.44. The van der Waals surface area contributed by atoms with Gasteiger partial charge in [-0.05, 0) is 38.0 Å². The van der Waals surface area contributed by atoms with Gasteiger partial charge in [-0.3, -0.25) is 0 Å². The fourth-order valence-electron chi connectivity index (χ4n) is 1.56. The van der Waals surface area contributed by atoms with Crippen molar-refractivity contribution >= 4 is 0 Å². The molecule has 1 aliphatic carbocycles. The molecule has 0 amide bonds. The lowest BCUT2D eigenvalue weighted by molar-refractivity contribution is 0.0630. The summed E-state index contributed by atoms with van der Waals surface area (Å²) in [6.07, 6.45) is 4.33. The third-order valence-electron chi connectivity index (χ3n) is 2.87. The molecule has 72 valence electrons. The number of aliphatic hydroxyl groups excluding tert-OH is 1. The number of ether oxygens (including phenoxy) is 1. The van der Waals surface area contributed by atoms with Gasteiger partial charge in [0.15, 0.2) is 0 Å². The zero-order valence-corrected chi connectivity index (χ0v) is 8.18. The predicted octanol–water partition coefficient (Wildman–Crippen LogP) is 1.96. The quantitative estimate of drug-likeness (QED) is 0.621. The van der Waals surface area contributed by atoms with Crippen LogP contribution in [0.5, 0.6) is 0 Å². The summed E-state index contributed by atoms with van der Waals surface area (Å²) in [5.74, 6) is 0. The van der Waals surface area contributed by atoms with Gasteiger partial charge in [-0.25, -0.2) is 0 Å². The third kappa shape index (κ3) is 2.46. The Labute approximate surface area is 74.9 Å². The topological polar surface area (TPSA) is 29.5 Å². The molecule has 0 bridgehead atoms. The molecule has 2 nitrogen and oxygen atoms in total. The molecule has 0 spiro atoms. The highest BCUT2D eigenvalue weighted by Crippen LogP contribution is 2.51. The van der Waals surface area contributed by atoms with Gasteiger partial charge in [0, 0.05) is 13.2 Å². The Morgan fingerprint density at radius 3 is 2.50 bits per heavy atom. The van der Waals surface area contributed by atoms with Crippen molar-refractivity contribution in [2.45, 2.75) is 45.6 Å². The summed E-state index contributed by atoms with van der Waals surface area (Å²) in [5.41, 5.74) is 0.230. The van der Waals surface area contributed by atoms with E-state index in [1.807, 2.05) is 6.92 Å². The van der Waals surface area contributed by atoms with Gasteiger partial charge in [-0.15, -0.1) is 0 Å². The summed E-state index contributed by atoms with van der Waals surface area (Å²) in [4.78, 5) is 0. The number of rotatable bonds is 6. The molecule has 0 radical (unpaired) electrons. The molecule has 0 aromatic rings. The molecule has 2 heteroatoms. The van der Waals surface area contributed by atoms with Gasteiger partial charge in [0.05, 0.1) is 6.10 Å². The van der Waals surface area contributed by atoms with Gasteiger partial charge in [-0.1, -0.05) is 6.92 Å². The van der Waals surface area contributed by atoms with Crippen molar-refractivity contribution in [1.82, 2.24) is 0 Å². The smallest absolute Gasteiger partial charge is 0.0569 e. The van der Waals surface area contributed by atoms with Crippen LogP contribution in [0.3, 0.4) is 0 Å². The first-order chi connectivity index (χ1) is 5.71. The SMILES string of the molecule is CCCOCCC1(C(C)O)CC1. The highest BCUT2D eigenvalue weighted by atomic mass is 16.5. The van der Waals surface area contributed by atoms with Crippen LogP contribution in [0.15, 0.2) is 0 Å². The first kappa shape index (κ1) is 10.0. The number of hydrogen-bond acceptors (Lipinski definition) is 2. The standard InChI is InChI=1S/C10H20O2/c1-3-7-12-8-6-10(4-5-10)9(2)11/h9,11H,3-8H2,1-2H3. The molecule has 12 heavy (non-hydrogen) atoms. The highest BCUT2D eigenvalue weighted by Gasteiger charge is 2.46. The minimum atomic E-state index is -0.150. The summed E-state index contributed by atoms with van der Waals surface area (Å²) < 4.78 is 5.40. The van der Waals surface area contributed by atoms with Gasteiger partial charge >= 0.3 is 0 Å². The minimum Gasteiger partial charge on any atom is -0.393 e. The van der Waals surface area contributed by atoms with E-state index in [0.29, 0.717) is 0 Å². The molecule has 0 aliphatic heterocycles. The third-order valence-corrected chi connectivity index (χ3v) is 2.87. The Morgan fingerprint density at radius 1 is 1.42 bits per heavy atom. The Hall–Kier alpha value is -0.0800. The summed E-state index contributed by atoms with van der Waals surface area (Å²) in [5, 5.41) is 9.44. The van der Waals surface area contributed by atoms with Gasteiger partial charge < -0.3 is 9.84 Å². The van der Waals surface area contributed by atoms with E-state index < -0.39 is 0 Å². The van der Waals surface area contributed by atoms with Crippen molar-refractivity contribution < 1.29 is 9.84 Å². The van der Waals surface area contributed by atoms with Crippen molar-refractivity contribution in [3.63, 3.8) is 0 Å². The lowest BCUT2D eigenvalue weighted by Gasteiger charge is -2.17. The Balaban J connectivity index is 2.06. The van der Waals surface area contributed by atoms with Crippen LogP contribution in [0, 0.1) is 5.41 Å². The Bertz CT molecular complexity index is 128.